The molecule has 0 atom stereocenters. The Morgan fingerprint density at radius 1 is 0.0942 bits per heavy atom. The Kier molecular flexibility index (Phi) is 19.8. The van der Waals surface area contributed by atoms with Gasteiger partial charge >= 0.3 is 0 Å². The van der Waals surface area contributed by atoms with Crippen LogP contribution in [0.25, 0.3) is 259 Å². The summed E-state index contributed by atoms with van der Waals surface area (Å²) in [6.07, 6.45) is 0. The molecule has 0 nitrogen and oxygen atoms in total. The predicted molar refractivity (Wildman–Crippen MR) is 609 cm³/mol. The maximum absolute atomic E-state index is 2.37. The summed E-state index contributed by atoms with van der Waals surface area (Å²) in [5, 5.41) is 65.3. The lowest BCUT2D eigenvalue weighted by molar-refractivity contribution is 1.47. The zero-order valence-corrected chi connectivity index (χ0v) is 80.1. The highest BCUT2D eigenvalue weighted by molar-refractivity contribution is 6.45. The molecule has 0 heteroatoms. The van der Waals surface area contributed by atoms with Crippen LogP contribution in [0.3, 0.4) is 0 Å². The Hall–Kier alpha value is -16.4. The molecule has 0 amide bonds. The summed E-state index contributed by atoms with van der Waals surface area (Å²) in [7, 11) is 0. The van der Waals surface area contributed by atoms with Crippen molar-refractivity contribution in [1.29, 1.82) is 0 Å². The van der Waals surface area contributed by atoms with Crippen LogP contribution in [-0.4, -0.2) is 0 Å². The van der Waals surface area contributed by atoms with Gasteiger partial charge in [-0.3, -0.25) is 0 Å². The highest BCUT2D eigenvalue weighted by Crippen LogP contribution is 2.51. The quantitative estimate of drug-likeness (QED) is 0.105. The van der Waals surface area contributed by atoms with Crippen LogP contribution in [0.5, 0.6) is 0 Å². The van der Waals surface area contributed by atoms with Crippen LogP contribution in [0, 0.1) is 83.1 Å². The number of aryl methyl sites for hydroxylation is 12. The van der Waals surface area contributed by atoms with Crippen molar-refractivity contribution in [3.63, 3.8) is 0 Å². The maximum Gasteiger partial charge on any atom is -0.00112 e. The van der Waals surface area contributed by atoms with Gasteiger partial charge in [0.05, 0.1) is 0 Å². The van der Waals surface area contributed by atoms with Gasteiger partial charge in [-0.25, -0.2) is 0 Å². The molecule has 30 aromatic carbocycles. The minimum Gasteiger partial charge on any atom is -0.0616 e. The number of rotatable bonds is 0. The SMILES string of the molecule is Cc1c2cc3ccccc3cc2c(C)c2cc3ccccc3cc12.Cc1c2ccccc2c(C)c2cc3cc4ccccc4cc3cc12.Cc1cc2ccc3cc(C)c4ccc5ccc6ccc1c1c6c5c4c3c21.Cc1ccc(C)c2c3ccccc3c3ccccc3c12.Cc1ccc(C)c2cc3cc4cc5ccccc5cc4cc3cc12.Cc1ccc2c3ccc(C)cc3c3ccccc3c2c1. The highest BCUT2D eigenvalue weighted by atomic mass is 14.3. The average molecular weight is 1760 g/mol. The second kappa shape index (κ2) is 32.7. The molecule has 0 heterocycles. The number of hydrogen-bond acceptors (Lipinski definition) is 0. The molecule has 0 unspecified atom stereocenters. The van der Waals surface area contributed by atoms with E-state index in [1.54, 1.807) is 0 Å². The Morgan fingerprint density at radius 3 is 0.645 bits per heavy atom. The van der Waals surface area contributed by atoms with Crippen LogP contribution < -0.4 is 0 Å². The Bertz CT molecular complexity index is 9630. The zero-order valence-electron chi connectivity index (χ0n) is 80.1. The first kappa shape index (κ1) is 83.4. The molecule has 0 aliphatic carbocycles. The third kappa shape index (κ3) is 13.6. The molecule has 0 saturated carbocycles. The van der Waals surface area contributed by atoms with E-state index >= 15 is 0 Å². The third-order valence-electron chi connectivity index (χ3n) is 31.0. The van der Waals surface area contributed by atoms with E-state index < -0.39 is 0 Å². The van der Waals surface area contributed by atoms with Crippen molar-refractivity contribution in [2.75, 3.05) is 0 Å². The summed E-state index contributed by atoms with van der Waals surface area (Å²) in [6.45, 7) is 26.6. The average Bonchev–Trinajstić information content (AvgIpc) is 0.680. The van der Waals surface area contributed by atoms with Crippen LogP contribution in [0.15, 0.2) is 400 Å². The molecular weight excluding hydrogens is 1660 g/mol. The van der Waals surface area contributed by atoms with Crippen LogP contribution in [-0.2, 0) is 0 Å². The fraction of sp³-hybridized carbons (Fsp3) is 0.0870. The van der Waals surface area contributed by atoms with Crippen LogP contribution in [0.1, 0.15) is 66.8 Å². The van der Waals surface area contributed by atoms with Gasteiger partial charge in [0.25, 0.3) is 0 Å². The summed E-state index contributed by atoms with van der Waals surface area (Å²) < 4.78 is 0. The van der Waals surface area contributed by atoms with Gasteiger partial charge in [-0.05, 0) is 482 Å². The molecule has 0 radical (unpaired) electrons. The second-order valence-electron chi connectivity index (χ2n) is 39.4. The van der Waals surface area contributed by atoms with E-state index in [1.807, 2.05) is 0 Å². The van der Waals surface area contributed by atoms with E-state index in [-0.39, 0.29) is 0 Å². The Labute approximate surface area is 802 Å². The van der Waals surface area contributed by atoms with Gasteiger partial charge in [0.15, 0.2) is 0 Å². The molecular formula is C138H102. The van der Waals surface area contributed by atoms with Crippen LogP contribution >= 0.6 is 0 Å². The van der Waals surface area contributed by atoms with Crippen LogP contribution in [0.4, 0.5) is 0 Å². The molecule has 0 fully saturated rings. The van der Waals surface area contributed by atoms with E-state index in [2.05, 4.69) is 483 Å². The van der Waals surface area contributed by atoms with E-state index in [9.17, 15) is 0 Å². The topological polar surface area (TPSA) is 0 Å². The highest BCUT2D eigenvalue weighted by Gasteiger charge is 2.24. The van der Waals surface area contributed by atoms with Gasteiger partial charge in [-0.15, -0.1) is 0 Å². The van der Waals surface area contributed by atoms with Gasteiger partial charge in [-0.2, -0.15) is 0 Å². The van der Waals surface area contributed by atoms with Crippen LogP contribution in [0.2, 0.25) is 0 Å². The van der Waals surface area contributed by atoms with E-state index in [1.165, 1.54) is 325 Å². The molecule has 0 bridgehead atoms. The summed E-state index contributed by atoms with van der Waals surface area (Å²) in [6, 6.07) is 148. The normalized spacial score (nSPS) is 11.9. The first-order valence-electron chi connectivity index (χ1n) is 48.8. The number of fused-ring (bicyclic) bond motifs is 24. The summed E-state index contributed by atoms with van der Waals surface area (Å²) in [5.74, 6) is 0. The van der Waals surface area contributed by atoms with Gasteiger partial charge < -0.3 is 0 Å². The van der Waals surface area contributed by atoms with Gasteiger partial charge in [0, 0.05) is 0 Å². The van der Waals surface area contributed by atoms with Crippen molar-refractivity contribution in [2.24, 2.45) is 0 Å². The van der Waals surface area contributed by atoms with Crippen molar-refractivity contribution in [3.05, 3.63) is 467 Å². The molecule has 0 aliphatic heterocycles. The van der Waals surface area contributed by atoms with Gasteiger partial charge in [0.1, 0.15) is 0 Å². The van der Waals surface area contributed by atoms with E-state index in [0.717, 1.165) is 0 Å². The fourth-order valence-corrected chi connectivity index (χ4v) is 23.9. The minimum atomic E-state index is 1.30. The van der Waals surface area contributed by atoms with E-state index in [0.29, 0.717) is 0 Å². The van der Waals surface area contributed by atoms with Gasteiger partial charge in [-0.1, -0.05) is 327 Å². The van der Waals surface area contributed by atoms with Crippen molar-refractivity contribution >= 4 is 259 Å². The zero-order chi connectivity index (χ0) is 93.3. The minimum absolute atomic E-state index is 1.30. The lowest BCUT2D eigenvalue weighted by Crippen LogP contribution is -1.94. The van der Waals surface area contributed by atoms with Crippen molar-refractivity contribution in [3.8, 4) is 0 Å². The molecule has 654 valence electrons. The van der Waals surface area contributed by atoms with Crippen molar-refractivity contribution in [1.82, 2.24) is 0 Å². The molecule has 0 aliphatic rings. The Balaban J connectivity index is 0.0000000880. The van der Waals surface area contributed by atoms with E-state index in [4.69, 9.17) is 0 Å². The molecule has 30 aromatic rings. The maximum atomic E-state index is 2.37. The molecule has 0 aromatic heterocycles. The summed E-state index contributed by atoms with van der Waals surface area (Å²) in [4.78, 5) is 0. The summed E-state index contributed by atoms with van der Waals surface area (Å²) >= 11 is 0. The molecule has 0 saturated heterocycles. The molecule has 138 heavy (non-hydrogen) atoms. The smallest absolute Gasteiger partial charge is 0.00112 e. The Morgan fingerprint density at radius 2 is 0.312 bits per heavy atom. The lowest BCUT2D eigenvalue weighted by Gasteiger charge is -2.22. The first-order valence-corrected chi connectivity index (χ1v) is 48.8. The standard InChI is InChI=1S/C26H16.3C24H18.2C20H16/c1-13-11-17-5-6-18-12-14(2)20-10-8-16-4-3-15-7-9-19(13)25-21(15)22(16)26(20)24(18)23(17)25;1-15-21-11-17-7-3-5-9-19(17)13-23(21)16(2)24-14-20-10-6-4-8-18(20)12-22(15)24;1-15-21-9-5-6-10-22(21)16(2)24-14-20-12-18-8-4-3-7-17(18)11-19(20)13-23(15)24;1-15-7-8-16(2)24-14-22-12-20-10-18-6-4-3-5-17(18)9-19(20)11-21(22)13-23(15)24;1-13-11-12-14(2)20-18-10-6-4-8-16(18)15-7-3-5-9-17(15)19(13)20;1-13-7-9-17-18-10-8-14(2)12-20(18)16-6-4-3-5-15(16)19(17)11-13/h3-12H,1-2H3;3*3-14H,1-2H3;2*3-12H,1-2H3. The predicted octanol–water partition coefficient (Wildman–Crippen LogP) is 39.8. The van der Waals surface area contributed by atoms with Crippen molar-refractivity contribution in [2.45, 2.75) is 83.1 Å². The van der Waals surface area contributed by atoms with Gasteiger partial charge in [0.2, 0.25) is 0 Å². The number of hydrogen-bond donors (Lipinski definition) is 0. The molecule has 30 rings (SSSR count). The first-order chi connectivity index (χ1) is 67.4. The second-order valence-corrected chi connectivity index (χ2v) is 39.4. The molecule has 0 spiro atoms. The fourth-order valence-electron chi connectivity index (χ4n) is 23.9. The molecule has 0 N–H and O–H groups in total. The summed E-state index contributed by atoms with van der Waals surface area (Å²) in [5.41, 5.74) is 16.3. The number of benzene rings is 30. The lowest BCUT2D eigenvalue weighted by atomic mass is 9.81. The van der Waals surface area contributed by atoms with Crippen molar-refractivity contribution < 1.29 is 0 Å². The third-order valence-corrected chi connectivity index (χ3v) is 31.0. The largest absolute Gasteiger partial charge is 0.0616 e. The monoisotopic (exact) mass is 1760 g/mol.